The molecule has 1 unspecified atom stereocenters. The highest BCUT2D eigenvalue weighted by Crippen LogP contribution is 2.36. The molecule has 9 heteroatoms. The number of piperidine rings is 1. The van der Waals surface area contributed by atoms with Crippen LogP contribution in [0.3, 0.4) is 0 Å². The smallest absolute Gasteiger partial charge is 0.255 e. The van der Waals surface area contributed by atoms with E-state index in [0.717, 1.165) is 49.4 Å². The Morgan fingerprint density at radius 2 is 1.89 bits per heavy atom. The van der Waals surface area contributed by atoms with Gasteiger partial charge in [-0.05, 0) is 49.4 Å². The summed E-state index contributed by atoms with van der Waals surface area (Å²) in [5.74, 6) is 0.365. The van der Waals surface area contributed by atoms with Gasteiger partial charge in [-0.3, -0.25) is 34.6 Å². The van der Waals surface area contributed by atoms with Gasteiger partial charge >= 0.3 is 0 Å². The lowest BCUT2D eigenvalue weighted by Crippen LogP contribution is -2.57. The average Bonchev–Trinajstić information content (AvgIpc) is 3.15. The maximum Gasteiger partial charge on any atom is 0.255 e. The highest BCUT2D eigenvalue weighted by atomic mass is 16.5. The maximum atomic E-state index is 13.0. The number of fused-ring (bicyclic) bond motifs is 1. The topological polar surface area (TPSA) is 105 Å². The monoisotopic (exact) mass is 475 g/mol. The van der Waals surface area contributed by atoms with Crippen LogP contribution in [0, 0.1) is 0 Å². The van der Waals surface area contributed by atoms with Crippen molar-refractivity contribution in [3.05, 3.63) is 53.6 Å². The highest BCUT2D eigenvalue weighted by Gasteiger charge is 2.41. The molecule has 1 N–H and O–H groups in total. The lowest BCUT2D eigenvalue weighted by Gasteiger charge is -2.48. The van der Waals surface area contributed by atoms with Crippen molar-refractivity contribution >= 4 is 17.7 Å². The van der Waals surface area contributed by atoms with Crippen molar-refractivity contribution < 1.29 is 19.1 Å². The molecule has 1 aromatic heterocycles. The fourth-order valence-corrected chi connectivity index (χ4v) is 5.92. The number of amides is 3. The van der Waals surface area contributed by atoms with Crippen LogP contribution < -0.4 is 10.1 Å². The first-order valence-corrected chi connectivity index (χ1v) is 12.5. The fraction of sp³-hybridized carbons (Fsp3) is 0.500. The van der Waals surface area contributed by atoms with Crippen LogP contribution >= 0.6 is 0 Å². The van der Waals surface area contributed by atoms with Gasteiger partial charge in [0.05, 0.1) is 5.69 Å². The normalized spacial score (nSPS) is 27.4. The van der Waals surface area contributed by atoms with Crippen LogP contribution in [-0.2, 0) is 16.1 Å². The van der Waals surface area contributed by atoms with E-state index in [-0.39, 0.29) is 24.3 Å². The zero-order chi connectivity index (χ0) is 23.9. The molecule has 0 bridgehead atoms. The molecule has 1 aromatic carbocycles. The lowest BCUT2D eigenvalue weighted by molar-refractivity contribution is -0.136. The Morgan fingerprint density at radius 1 is 1.03 bits per heavy atom. The van der Waals surface area contributed by atoms with Gasteiger partial charge in [-0.15, -0.1) is 0 Å². The van der Waals surface area contributed by atoms with E-state index in [9.17, 15) is 14.4 Å². The number of carbonyl (C=O) groups excluding carboxylic acids is 3. The van der Waals surface area contributed by atoms with Crippen molar-refractivity contribution in [1.29, 1.82) is 0 Å². The summed E-state index contributed by atoms with van der Waals surface area (Å²) in [6, 6.07) is 5.39. The number of nitrogens with zero attached hydrogens (tertiary/aromatic N) is 4. The molecule has 6 rings (SSSR count). The van der Waals surface area contributed by atoms with Gasteiger partial charge in [0.2, 0.25) is 11.8 Å². The van der Waals surface area contributed by atoms with Crippen molar-refractivity contribution in [2.45, 2.75) is 69.2 Å². The Kier molecular flexibility index (Phi) is 5.72. The second-order valence-electron chi connectivity index (χ2n) is 10.0. The van der Waals surface area contributed by atoms with Gasteiger partial charge in [0, 0.05) is 62.2 Å². The Balaban J connectivity index is 1.12. The number of hydrogen-bond acceptors (Lipinski definition) is 7. The van der Waals surface area contributed by atoms with Crippen LogP contribution in [0.25, 0.3) is 0 Å². The standard InChI is InChI=1S/C26H29N5O4/c32-24-8-7-22(25(33)29-24)31-15-16-11-18(5-6-19(16)26(31)34)35-23-4-2-1-3-21(23)30-13-17(14-30)20-12-27-9-10-28-20/h5-6,9-12,17,21-23H,1-4,7-8,13-15H2,(H,29,32,33)/t21-,22?,23-/m1/s1. The van der Waals surface area contributed by atoms with Gasteiger partial charge in [0.1, 0.15) is 17.9 Å². The second kappa shape index (κ2) is 9.03. The maximum absolute atomic E-state index is 13.0. The van der Waals surface area contributed by atoms with Crippen LogP contribution in [0.1, 0.15) is 66.1 Å². The molecule has 4 aliphatic rings. The SMILES string of the molecule is O=C1CCC(N2Cc3cc(O[C@@H]4CCCC[C@H]4N4CC(c5cnccn5)C4)ccc3C2=O)C(=O)N1. The third-order valence-electron chi connectivity index (χ3n) is 7.83. The second-order valence-corrected chi connectivity index (χ2v) is 10.0. The first kappa shape index (κ1) is 22.2. The molecule has 1 aliphatic carbocycles. The van der Waals surface area contributed by atoms with Crippen molar-refractivity contribution in [3.63, 3.8) is 0 Å². The van der Waals surface area contributed by atoms with E-state index < -0.39 is 11.9 Å². The lowest BCUT2D eigenvalue weighted by atomic mass is 9.86. The van der Waals surface area contributed by atoms with Crippen LogP contribution in [0.15, 0.2) is 36.8 Å². The van der Waals surface area contributed by atoms with E-state index in [1.807, 2.05) is 24.4 Å². The molecule has 3 fully saturated rings. The Labute approximate surface area is 203 Å². The van der Waals surface area contributed by atoms with Crippen molar-refractivity contribution in [2.24, 2.45) is 0 Å². The van der Waals surface area contributed by atoms with E-state index in [0.29, 0.717) is 30.5 Å². The Hall–Kier alpha value is -3.33. The number of likely N-dealkylation sites (tertiary alicyclic amines) is 1. The van der Waals surface area contributed by atoms with E-state index in [2.05, 4.69) is 20.2 Å². The van der Waals surface area contributed by atoms with E-state index in [4.69, 9.17) is 4.74 Å². The molecule has 2 aromatic rings. The zero-order valence-corrected chi connectivity index (χ0v) is 19.6. The van der Waals surface area contributed by atoms with E-state index >= 15 is 0 Å². The number of ether oxygens (including phenoxy) is 1. The van der Waals surface area contributed by atoms with Gasteiger partial charge < -0.3 is 9.64 Å². The first-order chi connectivity index (χ1) is 17.1. The summed E-state index contributed by atoms with van der Waals surface area (Å²) in [5, 5.41) is 2.35. The minimum atomic E-state index is -0.603. The molecule has 9 nitrogen and oxygen atoms in total. The predicted molar refractivity (Wildman–Crippen MR) is 126 cm³/mol. The van der Waals surface area contributed by atoms with Gasteiger partial charge in [-0.25, -0.2) is 0 Å². The van der Waals surface area contributed by atoms with Crippen LogP contribution in [-0.4, -0.2) is 68.8 Å². The quantitative estimate of drug-likeness (QED) is 0.660. The largest absolute Gasteiger partial charge is 0.489 e. The Bertz CT molecular complexity index is 1150. The molecule has 3 atom stereocenters. The van der Waals surface area contributed by atoms with Crippen LogP contribution in [0.5, 0.6) is 5.75 Å². The number of benzene rings is 1. The average molecular weight is 476 g/mol. The summed E-state index contributed by atoms with van der Waals surface area (Å²) in [6.45, 7) is 2.31. The number of aromatic nitrogens is 2. The van der Waals surface area contributed by atoms with Crippen molar-refractivity contribution in [3.8, 4) is 5.75 Å². The summed E-state index contributed by atoms with van der Waals surface area (Å²) >= 11 is 0. The Morgan fingerprint density at radius 3 is 2.69 bits per heavy atom. The molecule has 35 heavy (non-hydrogen) atoms. The minimum Gasteiger partial charge on any atom is -0.489 e. The first-order valence-electron chi connectivity index (χ1n) is 12.5. The molecule has 2 saturated heterocycles. The minimum absolute atomic E-state index is 0.105. The summed E-state index contributed by atoms with van der Waals surface area (Å²) in [6.07, 6.45) is 10.5. The van der Waals surface area contributed by atoms with Gasteiger partial charge in [0.25, 0.3) is 5.91 Å². The number of hydrogen-bond donors (Lipinski definition) is 1. The van der Waals surface area contributed by atoms with Gasteiger partial charge in [-0.2, -0.15) is 0 Å². The molecule has 182 valence electrons. The molecular weight excluding hydrogens is 446 g/mol. The number of nitrogens with one attached hydrogen (secondary N) is 1. The zero-order valence-electron chi connectivity index (χ0n) is 19.6. The molecule has 4 heterocycles. The summed E-state index contributed by atoms with van der Waals surface area (Å²) in [7, 11) is 0. The molecule has 0 radical (unpaired) electrons. The molecular formula is C26H29N5O4. The van der Waals surface area contributed by atoms with Crippen molar-refractivity contribution in [1.82, 2.24) is 25.1 Å². The van der Waals surface area contributed by atoms with Gasteiger partial charge in [-0.1, -0.05) is 6.42 Å². The summed E-state index contributed by atoms with van der Waals surface area (Å²) in [5.41, 5.74) is 2.54. The third kappa shape index (κ3) is 4.18. The number of carbonyl (C=O) groups is 3. The summed E-state index contributed by atoms with van der Waals surface area (Å²) in [4.78, 5) is 49.5. The summed E-state index contributed by atoms with van der Waals surface area (Å²) < 4.78 is 6.52. The van der Waals surface area contributed by atoms with E-state index in [1.165, 1.54) is 6.42 Å². The van der Waals surface area contributed by atoms with Gasteiger partial charge in [0.15, 0.2) is 0 Å². The van der Waals surface area contributed by atoms with Crippen molar-refractivity contribution in [2.75, 3.05) is 13.1 Å². The van der Waals surface area contributed by atoms with Crippen LogP contribution in [0.4, 0.5) is 0 Å². The van der Waals surface area contributed by atoms with Crippen LogP contribution in [0.2, 0.25) is 0 Å². The fourth-order valence-electron chi connectivity index (χ4n) is 5.92. The number of rotatable bonds is 5. The predicted octanol–water partition coefficient (Wildman–Crippen LogP) is 2.03. The molecule has 3 aliphatic heterocycles. The van der Waals surface area contributed by atoms with E-state index in [1.54, 1.807) is 17.3 Å². The third-order valence-corrected chi connectivity index (χ3v) is 7.83. The molecule has 0 spiro atoms. The highest BCUT2D eigenvalue weighted by molar-refractivity contribution is 6.05. The molecule has 3 amide bonds. The molecule has 1 saturated carbocycles. The number of imide groups is 1.